The van der Waals surface area contributed by atoms with Crippen molar-refractivity contribution >= 4 is 23.3 Å². The summed E-state index contributed by atoms with van der Waals surface area (Å²) in [7, 11) is 5.79. The first-order valence-corrected chi connectivity index (χ1v) is 5.83. The molecule has 0 aliphatic rings. The smallest absolute Gasteiger partial charge is 0.261 e. The fraction of sp³-hybridized carbons (Fsp3) is 1.00. The third-order valence-corrected chi connectivity index (χ3v) is 4.51. The summed E-state index contributed by atoms with van der Waals surface area (Å²) < 4.78 is 0. The van der Waals surface area contributed by atoms with E-state index in [1.165, 1.54) is 10.6 Å². The van der Waals surface area contributed by atoms with Gasteiger partial charge in [-0.3, -0.25) is 10.0 Å². The Morgan fingerprint density at radius 3 is 1.57 bits per heavy atom. The molecule has 0 nitrogen and oxygen atoms in total. The van der Waals surface area contributed by atoms with Gasteiger partial charge in [-0.15, -0.1) is 0 Å². The first-order valence-electron chi connectivity index (χ1n) is 2.45. The van der Waals surface area contributed by atoms with Gasteiger partial charge in [0.05, 0.1) is 0 Å². The van der Waals surface area contributed by atoms with Crippen LogP contribution in [0.4, 0.5) is 0 Å². The van der Waals surface area contributed by atoms with Gasteiger partial charge < -0.3 is 0 Å². The maximum atomic E-state index is 5.79. The van der Waals surface area contributed by atoms with E-state index in [0.29, 0.717) is 0 Å². The Bertz CT molecular complexity index is 30.9. The molecule has 0 aromatic rings. The van der Waals surface area contributed by atoms with E-state index in [2.05, 4.69) is 13.8 Å². The summed E-state index contributed by atoms with van der Waals surface area (Å²) in [6, 6.07) is 0. The van der Waals surface area contributed by atoms with Gasteiger partial charge in [-0.1, -0.05) is 24.4 Å². The van der Waals surface area contributed by atoms with Gasteiger partial charge in [0.25, 0.3) is 0 Å². The minimum Gasteiger partial charge on any atom is -0.261 e. The third kappa shape index (κ3) is 7.54. The quantitative estimate of drug-likeness (QED) is 0.555. The number of hydrogen-bond donors (Lipinski definition) is 0. The Morgan fingerprint density at radius 1 is 1.29 bits per heavy atom. The molecule has 0 aliphatic heterocycles. The molecule has 3 heteroatoms. The van der Waals surface area contributed by atoms with Gasteiger partial charge in [0.2, 0.25) is 0 Å². The number of hydrogen-bond acceptors (Lipinski definition) is 0. The van der Waals surface area contributed by atoms with Gasteiger partial charge >= 0.3 is 34.9 Å². The fourth-order valence-electron chi connectivity index (χ4n) is 0.289. The van der Waals surface area contributed by atoms with E-state index in [4.69, 9.17) is 10.0 Å². The Kier molecular flexibility index (Phi) is 12.2. The van der Waals surface area contributed by atoms with Gasteiger partial charge in [-0.05, 0) is 0 Å². The summed E-state index contributed by atoms with van der Waals surface area (Å²) in [5.74, 6) is 0. The van der Waals surface area contributed by atoms with Crippen molar-refractivity contribution in [3.8, 4) is 0 Å². The van der Waals surface area contributed by atoms with E-state index >= 15 is 0 Å². The fourth-order valence-corrected chi connectivity index (χ4v) is 0.866. The monoisotopic (exact) mass is 168 g/mol. The normalized spacial score (nSPS) is 7.29. The van der Waals surface area contributed by atoms with Crippen molar-refractivity contribution in [1.29, 1.82) is 0 Å². The molecule has 37 valence electrons. The summed E-state index contributed by atoms with van der Waals surface area (Å²) in [6.45, 7) is 4.32. The van der Waals surface area contributed by atoms with Crippen LogP contribution in [0.1, 0.15) is 13.8 Å². The molecule has 1 radical (unpaired) electrons. The van der Waals surface area contributed by atoms with Crippen LogP contribution in [0.2, 0.25) is 10.6 Å². The van der Waals surface area contributed by atoms with Crippen LogP contribution in [-0.2, 0) is 21.7 Å². The van der Waals surface area contributed by atoms with Crippen LogP contribution in [0.3, 0.4) is 0 Å². The van der Waals surface area contributed by atoms with Crippen molar-refractivity contribution in [1.82, 2.24) is 0 Å². The van der Waals surface area contributed by atoms with Crippen molar-refractivity contribution in [2.24, 2.45) is 0 Å². The molecule has 0 aliphatic carbocycles. The Hall–Kier alpha value is 1.54. The summed E-state index contributed by atoms with van der Waals surface area (Å²) in [4.78, 5) is 0. The molecular weight excluding hydrogens is 158 g/mol. The van der Waals surface area contributed by atoms with Gasteiger partial charge in [0.1, 0.15) is 0 Å². The van der Waals surface area contributed by atoms with E-state index < -0.39 is 13.2 Å². The second-order valence-electron chi connectivity index (χ2n) is 1.41. The average Bonchev–Trinajstić information content (AvgIpc) is 1.65. The van der Waals surface area contributed by atoms with Crippen molar-refractivity contribution < 1.29 is 21.7 Å². The zero-order valence-electron chi connectivity index (χ0n) is 4.87. The van der Waals surface area contributed by atoms with Gasteiger partial charge in [0.15, 0.2) is 0 Å². The first-order chi connectivity index (χ1) is 2.81. The molecule has 0 N–H and O–H groups in total. The van der Waals surface area contributed by atoms with E-state index in [0.717, 1.165) is 0 Å². The van der Waals surface area contributed by atoms with Crippen molar-refractivity contribution in [3.05, 3.63) is 0 Å². The Morgan fingerprint density at radius 2 is 1.57 bits per heavy atom. The van der Waals surface area contributed by atoms with Crippen LogP contribution in [0, 0.1) is 0 Å². The molecule has 0 saturated carbocycles. The summed E-state index contributed by atoms with van der Waals surface area (Å²) in [5.41, 5.74) is 0. The molecule has 0 rings (SSSR count). The molecular formula is C4H10AlClTi+3. The van der Waals surface area contributed by atoms with Crippen molar-refractivity contribution in [2.75, 3.05) is 0 Å². The van der Waals surface area contributed by atoms with Crippen LogP contribution in [0.15, 0.2) is 0 Å². The van der Waals surface area contributed by atoms with E-state index in [9.17, 15) is 0 Å². The van der Waals surface area contributed by atoms with Gasteiger partial charge in [-0.2, -0.15) is 0 Å². The van der Waals surface area contributed by atoms with Gasteiger partial charge in [-0.25, -0.2) is 0 Å². The molecule has 0 fully saturated rings. The second kappa shape index (κ2) is 7.54. The summed E-state index contributed by atoms with van der Waals surface area (Å²) in [5, 5.41) is 2.47. The van der Waals surface area contributed by atoms with Crippen molar-refractivity contribution in [3.63, 3.8) is 0 Å². The van der Waals surface area contributed by atoms with Crippen molar-refractivity contribution in [2.45, 2.75) is 24.4 Å². The maximum Gasteiger partial charge on any atom is 3.00 e. The summed E-state index contributed by atoms with van der Waals surface area (Å²) >= 11 is -0.688. The molecule has 7 heavy (non-hydrogen) atoms. The Balaban J connectivity index is 0. The zero-order valence-corrected chi connectivity index (χ0v) is 8.34. The summed E-state index contributed by atoms with van der Waals surface area (Å²) in [6.07, 6.45) is 0. The standard InChI is InChI=1S/2C2H5.Al.ClH.Ti/c2*1-2;;;/h2*1H2,2H3;;1H;/q;;+1;;+3/p-1. The third-order valence-electron chi connectivity index (χ3n) is 0.886. The molecule has 0 atom stereocenters. The molecule has 0 unspecified atom stereocenters. The van der Waals surface area contributed by atoms with E-state index in [1.54, 1.807) is 0 Å². The van der Waals surface area contributed by atoms with E-state index in [1.807, 2.05) is 0 Å². The minimum atomic E-state index is -0.688. The molecule has 0 aromatic carbocycles. The number of rotatable bonds is 2. The topological polar surface area (TPSA) is 0 Å². The zero-order chi connectivity index (χ0) is 4.99. The van der Waals surface area contributed by atoms with Gasteiger partial charge in [0, 0.05) is 0 Å². The van der Waals surface area contributed by atoms with Crippen LogP contribution < -0.4 is 0 Å². The molecule has 0 spiro atoms. The minimum absolute atomic E-state index is 0. The second-order valence-corrected chi connectivity index (χ2v) is 6.09. The van der Waals surface area contributed by atoms with E-state index in [-0.39, 0.29) is 21.7 Å². The Labute approximate surface area is 69.1 Å². The molecule has 0 aromatic heterocycles. The first kappa shape index (κ1) is 11.3. The average molecular weight is 168 g/mol. The molecule has 0 bridgehead atoms. The predicted octanol–water partition coefficient (Wildman–Crippen LogP) is 2.25. The van der Waals surface area contributed by atoms with Crippen LogP contribution in [0.5, 0.6) is 0 Å². The SMILES string of the molecule is C[CH2][Al]([Cl])[CH2]C.[Ti+3]. The van der Waals surface area contributed by atoms with Crippen LogP contribution in [0.25, 0.3) is 0 Å². The largest absolute Gasteiger partial charge is 3.00 e. The molecule has 0 amide bonds. The predicted molar refractivity (Wildman–Crippen MR) is 32.6 cm³/mol. The maximum absolute atomic E-state index is 5.79. The number of halogens is 1. The van der Waals surface area contributed by atoms with Crippen LogP contribution >= 0.6 is 10.0 Å². The molecule has 0 saturated heterocycles. The van der Waals surface area contributed by atoms with Crippen LogP contribution in [-0.4, -0.2) is 13.2 Å². The molecule has 0 heterocycles.